The number of amides is 1. The zero-order chi connectivity index (χ0) is 16.6. The van der Waals surface area contributed by atoms with E-state index >= 15 is 0 Å². The normalized spacial score (nSPS) is 13.8. The van der Waals surface area contributed by atoms with Gasteiger partial charge in [-0.25, -0.2) is 4.79 Å². The van der Waals surface area contributed by atoms with Crippen molar-refractivity contribution in [1.29, 1.82) is 0 Å². The summed E-state index contributed by atoms with van der Waals surface area (Å²) in [6, 6.07) is 3.27. The Hall–Kier alpha value is -2.28. The van der Waals surface area contributed by atoms with E-state index in [-0.39, 0.29) is 35.6 Å². The molecule has 1 amide bonds. The predicted molar refractivity (Wildman–Crippen MR) is 87.4 cm³/mol. The maximum Gasteiger partial charge on any atom is 0.348 e. The third-order valence-electron chi connectivity index (χ3n) is 3.66. The molecule has 1 heterocycles. The number of esters is 1. The summed E-state index contributed by atoms with van der Waals surface area (Å²) in [5, 5.41) is 13.7. The molecule has 0 unspecified atom stereocenters. The summed E-state index contributed by atoms with van der Waals surface area (Å²) in [5.74, 6) is -0.438. The van der Waals surface area contributed by atoms with E-state index in [1.807, 2.05) is 0 Å². The monoisotopic (exact) mass is 335 g/mol. The molecule has 6 nitrogen and oxygen atoms in total. The van der Waals surface area contributed by atoms with Crippen LogP contribution in [-0.2, 0) is 9.53 Å². The van der Waals surface area contributed by atoms with E-state index in [1.165, 1.54) is 18.4 Å². The minimum atomic E-state index is -0.424. The molecule has 2 aromatic rings. The maximum atomic E-state index is 12.1. The van der Waals surface area contributed by atoms with Crippen molar-refractivity contribution in [2.75, 3.05) is 19.0 Å². The first-order valence-corrected chi connectivity index (χ1v) is 8.18. The van der Waals surface area contributed by atoms with Gasteiger partial charge in [-0.1, -0.05) is 0 Å². The number of carbonyl (C=O) groups excluding carboxylic acids is 2. The van der Waals surface area contributed by atoms with E-state index in [2.05, 4.69) is 5.32 Å². The summed E-state index contributed by atoms with van der Waals surface area (Å²) < 4.78 is 10.9. The van der Waals surface area contributed by atoms with Gasteiger partial charge in [0, 0.05) is 22.1 Å². The number of aromatic hydroxyl groups is 1. The van der Waals surface area contributed by atoms with Crippen molar-refractivity contribution in [3.8, 4) is 11.5 Å². The average Bonchev–Trinajstić information content (AvgIpc) is 3.29. The number of phenols is 1. The van der Waals surface area contributed by atoms with Crippen molar-refractivity contribution in [3.63, 3.8) is 0 Å². The molecule has 122 valence electrons. The second-order valence-electron chi connectivity index (χ2n) is 5.31. The van der Waals surface area contributed by atoms with Crippen molar-refractivity contribution in [2.45, 2.75) is 19.8 Å². The molecular formula is C16H17NO5S. The standard InChI is InChI=1S/C16H17NO5S/c1-3-22-16(20)12-6-9-11(23-12)7-10(21-2)14(18)13(9)17-15(19)8-4-5-8/h6-8,18H,3-5H2,1-2H3,(H,17,19). The van der Waals surface area contributed by atoms with Gasteiger partial charge in [0.05, 0.1) is 19.4 Å². The lowest BCUT2D eigenvalue weighted by molar-refractivity contribution is -0.117. The molecule has 0 atom stereocenters. The zero-order valence-electron chi connectivity index (χ0n) is 12.8. The lowest BCUT2D eigenvalue weighted by atomic mass is 10.1. The molecule has 3 rings (SSSR count). The second kappa shape index (κ2) is 6.08. The molecule has 0 bridgehead atoms. The molecule has 2 N–H and O–H groups in total. The molecule has 0 radical (unpaired) electrons. The molecule has 7 heteroatoms. The Morgan fingerprint density at radius 3 is 2.74 bits per heavy atom. The van der Waals surface area contributed by atoms with E-state index in [1.54, 1.807) is 19.1 Å². The smallest absolute Gasteiger partial charge is 0.348 e. The average molecular weight is 335 g/mol. The maximum absolute atomic E-state index is 12.1. The van der Waals surface area contributed by atoms with Crippen LogP contribution in [0.4, 0.5) is 5.69 Å². The fourth-order valence-corrected chi connectivity index (χ4v) is 3.29. The highest BCUT2D eigenvalue weighted by atomic mass is 32.1. The van der Waals surface area contributed by atoms with E-state index in [0.717, 1.165) is 17.5 Å². The Kier molecular flexibility index (Phi) is 4.12. The fraction of sp³-hybridized carbons (Fsp3) is 0.375. The van der Waals surface area contributed by atoms with Gasteiger partial charge < -0.3 is 19.9 Å². The minimum absolute atomic E-state index is 0.00110. The molecule has 1 fully saturated rings. The van der Waals surface area contributed by atoms with Gasteiger partial charge in [-0.2, -0.15) is 0 Å². The number of rotatable bonds is 5. The molecule has 0 aliphatic heterocycles. The van der Waals surface area contributed by atoms with E-state index in [0.29, 0.717) is 10.3 Å². The van der Waals surface area contributed by atoms with Gasteiger partial charge in [-0.15, -0.1) is 11.3 Å². The van der Waals surface area contributed by atoms with Crippen molar-refractivity contribution in [1.82, 2.24) is 0 Å². The first-order chi connectivity index (χ1) is 11.0. The van der Waals surface area contributed by atoms with E-state index in [9.17, 15) is 14.7 Å². The molecule has 0 saturated heterocycles. The van der Waals surface area contributed by atoms with Gasteiger partial charge in [0.25, 0.3) is 0 Å². The highest BCUT2D eigenvalue weighted by Gasteiger charge is 2.31. The third kappa shape index (κ3) is 2.96. The first kappa shape index (κ1) is 15.6. The number of fused-ring (bicyclic) bond motifs is 1. The fourth-order valence-electron chi connectivity index (χ4n) is 2.30. The van der Waals surface area contributed by atoms with Crippen LogP contribution in [0, 0.1) is 5.92 Å². The van der Waals surface area contributed by atoms with Crippen molar-refractivity contribution < 1.29 is 24.2 Å². The van der Waals surface area contributed by atoms with Crippen LogP contribution >= 0.6 is 11.3 Å². The van der Waals surface area contributed by atoms with E-state index in [4.69, 9.17) is 9.47 Å². The third-order valence-corrected chi connectivity index (χ3v) is 4.72. The number of hydrogen-bond donors (Lipinski definition) is 2. The summed E-state index contributed by atoms with van der Waals surface area (Å²) in [6.45, 7) is 2.02. The summed E-state index contributed by atoms with van der Waals surface area (Å²) in [5.41, 5.74) is 0.281. The van der Waals surface area contributed by atoms with Crippen LogP contribution in [0.5, 0.6) is 11.5 Å². The lowest BCUT2D eigenvalue weighted by Crippen LogP contribution is -2.13. The Labute approximate surface area is 137 Å². The van der Waals surface area contributed by atoms with Crippen molar-refractivity contribution >= 4 is 39.0 Å². The number of anilines is 1. The largest absolute Gasteiger partial charge is 0.503 e. The molecule has 23 heavy (non-hydrogen) atoms. The Balaban J connectivity index is 2.08. The molecule has 1 aromatic carbocycles. The van der Waals surface area contributed by atoms with Gasteiger partial charge in [0.2, 0.25) is 5.91 Å². The SMILES string of the molecule is CCOC(=O)c1cc2c(NC(=O)C3CC3)c(O)c(OC)cc2s1. The molecular weight excluding hydrogens is 318 g/mol. The number of hydrogen-bond acceptors (Lipinski definition) is 6. The van der Waals surface area contributed by atoms with Crippen LogP contribution in [0.15, 0.2) is 12.1 Å². The zero-order valence-corrected chi connectivity index (χ0v) is 13.7. The van der Waals surface area contributed by atoms with Gasteiger partial charge in [0.15, 0.2) is 11.5 Å². The number of phenolic OH excluding ortho intramolecular Hbond substituents is 1. The highest BCUT2D eigenvalue weighted by molar-refractivity contribution is 7.20. The molecule has 1 aliphatic carbocycles. The number of thiophene rings is 1. The minimum Gasteiger partial charge on any atom is -0.503 e. The second-order valence-corrected chi connectivity index (χ2v) is 6.39. The van der Waals surface area contributed by atoms with Crippen LogP contribution in [-0.4, -0.2) is 30.7 Å². The van der Waals surface area contributed by atoms with Crippen molar-refractivity contribution in [3.05, 3.63) is 17.0 Å². The Morgan fingerprint density at radius 1 is 1.39 bits per heavy atom. The summed E-state index contributed by atoms with van der Waals surface area (Å²) in [7, 11) is 1.44. The van der Waals surface area contributed by atoms with Gasteiger partial charge in [0.1, 0.15) is 4.88 Å². The number of ether oxygens (including phenoxy) is 2. The molecule has 1 saturated carbocycles. The number of methoxy groups -OCH3 is 1. The lowest BCUT2D eigenvalue weighted by Gasteiger charge is -2.11. The Bertz CT molecular complexity index is 778. The number of benzene rings is 1. The molecule has 1 aromatic heterocycles. The molecule has 0 spiro atoms. The number of nitrogens with one attached hydrogen (secondary N) is 1. The summed E-state index contributed by atoms with van der Waals surface area (Å²) in [4.78, 5) is 24.4. The highest BCUT2D eigenvalue weighted by Crippen LogP contribution is 2.44. The predicted octanol–water partition coefficient (Wildman–Crippen LogP) is 3.14. The van der Waals surface area contributed by atoms with E-state index < -0.39 is 5.97 Å². The van der Waals surface area contributed by atoms with Crippen LogP contribution in [0.1, 0.15) is 29.4 Å². The van der Waals surface area contributed by atoms with Crippen molar-refractivity contribution in [2.24, 2.45) is 5.92 Å². The van der Waals surface area contributed by atoms with Crippen LogP contribution < -0.4 is 10.1 Å². The first-order valence-electron chi connectivity index (χ1n) is 7.36. The van der Waals surface area contributed by atoms with Crippen LogP contribution in [0.25, 0.3) is 10.1 Å². The summed E-state index contributed by atoms with van der Waals surface area (Å²) in [6.07, 6.45) is 1.72. The quantitative estimate of drug-likeness (QED) is 0.648. The van der Waals surface area contributed by atoms with Crippen LogP contribution in [0.2, 0.25) is 0 Å². The van der Waals surface area contributed by atoms with Gasteiger partial charge in [-0.05, 0) is 25.8 Å². The topological polar surface area (TPSA) is 84.9 Å². The number of carbonyl (C=O) groups is 2. The van der Waals surface area contributed by atoms with Crippen LogP contribution in [0.3, 0.4) is 0 Å². The summed E-state index contributed by atoms with van der Waals surface area (Å²) >= 11 is 1.23. The van der Waals surface area contributed by atoms with Gasteiger partial charge >= 0.3 is 5.97 Å². The Morgan fingerprint density at radius 2 is 2.13 bits per heavy atom. The van der Waals surface area contributed by atoms with Gasteiger partial charge in [-0.3, -0.25) is 4.79 Å². The molecule has 1 aliphatic rings.